The number of hydrogen-bond donors (Lipinski definition) is 4. The van der Waals surface area contributed by atoms with Crippen molar-refractivity contribution in [1.82, 2.24) is 9.80 Å². The smallest absolute Gasteiger partial charge is 0.410 e. The van der Waals surface area contributed by atoms with Gasteiger partial charge in [-0.1, -0.05) is 36.4 Å². The Bertz CT molecular complexity index is 1070. The molecule has 5 N–H and O–H groups in total. The van der Waals surface area contributed by atoms with Crippen molar-refractivity contribution in [2.75, 3.05) is 25.0 Å². The Morgan fingerprint density at radius 2 is 1.85 bits per heavy atom. The van der Waals surface area contributed by atoms with Crippen molar-refractivity contribution in [2.24, 2.45) is 5.73 Å². The van der Waals surface area contributed by atoms with E-state index in [4.69, 9.17) is 21.0 Å². The fourth-order valence-electron chi connectivity index (χ4n) is 3.32. The van der Waals surface area contributed by atoms with E-state index >= 15 is 0 Å². The minimum Gasteiger partial charge on any atom is -0.478 e. The molecule has 0 aliphatic carbocycles. The van der Waals surface area contributed by atoms with E-state index in [1.807, 2.05) is 18.2 Å². The summed E-state index contributed by atoms with van der Waals surface area (Å²) in [5.74, 6) is -3.07. The first-order valence-electron chi connectivity index (χ1n) is 9.99. The predicted molar refractivity (Wildman–Crippen MR) is 118 cm³/mol. The number of carbonyl (C=O) groups excluding carboxylic acids is 3. The van der Waals surface area contributed by atoms with Gasteiger partial charge >= 0.3 is 12.1 Å². The number of rotatable bonds is 7. The average molecular weight is 453 g/mol. The molecule has 1 unspecified atom stereocenters. The maximum atomic E-state index is 12.8. The van der Waals surface area contributed by atoms with Crippen LogP contribution in [0.3, 0.4) is 0 Å². The Kier molecular flexibility index (Phi) is 7.24. The SMILES string of the molecule is N=C(N)C(C(=O)Nc1cccc(C(=O)O)c1)N1CCN(C(=O)OCc2ccccc2)CC1=O. The molecule has 2 aromatic carbocycles. The molecule has 0 spiro atoms. The summed E-state index contributed by atoms with van der Waals surface area (Å²) in [5.41, 5.74) is 6.55. The highest BCUT2D eigenvalue weighted by atomic mass is 16.6. The van der Waals surface area contributed by atoms with Crippen LogP contribution in [0, 0.1) is 5.41 Å². The number of nitrogens with zero attached hydrogens (tertiary/aromatic N) is 2. The molecule has 172 valence electrons. The lowest BCUT2D eigenvalue weighted by molar-refractivity contribution is -0.140. The number of amidine groups is 1. The number of piperazine rings is 1. The molecule has 0 bridgehead atoms. The van der Waals surface area contributed by atoms with Gasteiger partial charge in [-0.2, -0.15) is 0 Å². The highest BCUT2D eigenvalue weighted by molar-refractivity contribution is 6.12. The molecule has 0 radical (unpaired) electrons. The van der Waals surface area contributed by atoms with Crippen LogP contribution in [0.1, 0.15) is 15.9 Å². The van der Waals surface area contributed by atoms with Gasteiger partial charge in [0.15, 0.2) is 6.04 Å². The van der Waals surface area contributed by atoms with E-state index in [-0.39, 0.29) is 37.5 Å². The number of nitrogens with two attached hydrogens (primary N) is 1. The quantitative estimate of drug-likeness (QED) is 0.360. The normalized spacial score (nSPS) is 14.4. The predicted octanol–water partition coefficient (Wildman–Crippen LogP) is 1.11. The lowest BCUT2D eigenvalue weighted by atomic mass is 10.1. The van der Waals surface area contributed by atoms with Crippen LogP contribution in [0.2, 0.25) is 0 Å². The van der Waals surface area contributed by atoms with E-state index in [0.717, 1.165) is 10.5 Å². The van der Waals surface area contributed by atoms with Gasteiger partial charge in [-0.05, 0) is 23.8 Å². The molecule has 1 aliphatic rings. The molecular formula is C22H23N5O6. The molecule has 1 saturated heterocycles. The molecule has 1 aliphatic heterocycles. The van der Waals surface area contributed by atoms with Gasteiger partial charge in [0.05, 0.1) is 5.56 Å². The Morgan fingerprint density at radius 1 is 1.12 bits per heavy atom. The Hall–Kier alpha value is -4.41. The first-order chi connectivity index (χ1) is 15.8. The van der Waals surface area contributed by atoms with E-state index in [1.165, 1.54) is 29.2 Å². The Balaban J connectivity index is 1.62. The molecule has 1 heterocycles. The maximum absolute atomic E-state index is 12.8. The number of hydrogen-bond acceptors (Lipinski definition) is 6. The third-order valence-corrected chi connectivity index (χ3v) is 4.95. The van der Waals surface area contributed by atoms with Crippen LogP contribution < -0.4 is 11.1 Å². The zero-order valence-corrected chi connectivity index (χ0v) is 17.6. The molecule has 1 atom stereocenters. The third kappa shape index (κ3) is 5.85. The Labute approximate surface area is 189 Å². The summed E-state index contributed by atoms with van der Waals surface area (Å²) in [6.07, 6.45) is -0.666. The van der Waals surface area contributed by atoms with Gasteiger partial charge in [0.1, 0.15) is 19.0 Å². The van der Waals surface area contributed by atoms with Crippen LogP contribution in [0.5, 0.6) is 0 Å². The van der Waals surface area contributed by atoms with E-state index in [2.05, 4.69) is 5.32 Å². The van der Waals surface area contributed by atoms with Crippen LogP contribution in [-0.2, 0) is 20.9 Å². The molecule has 0 aromatic heterocycles. The second kappa shape index (κ2) is 10.3. The molecular weight excluding hydrogens is 430 g/mol. The number of amides is 3. The minimum absolute atomic E-state index is 0.0356. The monoisotopic (exact) mass is 453 g/mol. The molecule has 3 rings (SSSR count). The Morgan fingerprint density at radius 3 is 2.48 bits per heavy atom. The zero-order chi connectivity index (χ0) is 24.0. The molecule has 11 heteroatoms. The van der Waals surface area contributed by atoms with Crippen molar-refractivity contribution in [2.45, 2.75) is 12.6 Å². The van der Waals surface area contributed by atoms with Crippen LogP contribution in [0.15, 0.2) is 54.6 Å². The van der Waals surface area contributed by atoms with E-state index in [1.54, 1.807) is 12.1 Å². The number of aromatic carboxylic acids is 1. The second-order valence-corrected chi connectivity index (χ2v) is 7.28. The van der Waals surface area contributed by atoms with Crippen LogP contribution >= 0.6 is 0 Å². The highest BCUT2D eigenvalue weighted by Crippen LogP contribution is 2.15. The fraction of sp³-hybridized carbons (Fsp3) is 0.227. The van der Waals surface area contributed by atoms with Gasteiger partial charge in [0, 0.05) is 18.8 Å². The largest absolute Gasteiger partial charge is 0.478 e. The van der Waals surface area contributed by atoms with E-state index in [0.29, 0.717) is 0 Å². The number of benzene rings is 2. The molecule has 0 saturated carbocycles. The summed E-state index contributed by atoms with van der Waals surface area (Å²) >= 11 is 0. The molecule has 11 nitrogen and oxygen atoms in total. The molecule has 33 heavy (non-hydrogen) atoms. The van der Waals surface area contributed by atoms with Crippen LogP contribution in [0.4, 0.5) is 10.5 Å². The molecule has 3 amide bonds. The van der Waals surface area contributed by atoms with Gasteiger partial charge < -0.3 is 25.8 Å². The van der Waals surface area contributed by atoms with Gasteiger partial charge in [0.25, 0.3) is 5.91 Å². The summed E-state index contributed by atoms with van der Waals surface area (Å²) in [6, 6.07) is 13.2. The number of carboxylic acid groups (broad SMARTS) is 1. The van der Waals surface area contributed by atoms with E-state index in [9.17, 15) is 19.2 Å². The summed E-state index contributed by atoms with van der Waals surface area (Å²) in [6.45, 7) is -0.224. The summed E-state index contributed by atoms with van der Waals surface area (Å²) in [5, 5.41) is 19.4. The number of carboxylic acids is 1. The number of nitrogens with one attached hydrogen (secondary N) is 2. The minimum atomic E-state index is -1.41. The first-order valence-corrected chi connectivity index (χ1v) is 9.99. The standard InChI is InChI=1S/C22H23N5O6/c23-19(24)18(20(29)25-16-8-4-7-15(11-16)21(30)31)27-10-9-26(12-17(27)28)22(32)33-13-14-5-2-1-3-6-14/h1-8,11,18H,9-10,12-13H2,(H3,23,24)(H,25,29)(H,30,31). The van der Waals surface area contributed by atoms with Gasteiger partial charge in [-0.25, -0.2) is 9.59 Å². The van der Waals surface area contributed by atoms with Crippen molar-refractivity contribution in [3.63, 3.8) is 0 Å². The number of carbonyl (C=O) groups is 4. The van der Waals surface area contributed by atoms with Crippen molar-refractivity contribution in [3.8, 4) is 0 Å². The van der Waals surface area contributed by atoms with Crippen LogP contribution in [0.25, 0.3) is 0 Å². The second-order valence-electron chi connectivity index (χ2n) is 7.28. The summed E-state index contributed by atoms with van der Waals surface area (Å²) in [7, 11) is 0. The van der Waals surface area contributed by atoms with Gasteiger partial charge in [0.2, 0.25) is 5.91 Å². The fourth-order valence-corrected chi connectivity index (χ4v) is 3.32. The van der Waals surface area contributed by atoms with Gasteiger partial charge in [-0.15, -0.1) is 0 Å². The average Bonchev–Trinajstić information content (AvgIpc) is 2.79. The summed E-state index contributed by atoms with van der Waals surface area (Å²) in [4.78, 5) is 51.2. The molecule has 1 fully saturated rings. The first kappa shape index (κ1) is 23.3. The van der Waals surface area contributed by atoms with Crippen molar-refractivity contribution < 1.29 is 29.0 Å². The van der Waals surface area contributed by atoms with Crippen molar-refractivity contribution >= 4 is 35.4 Å². The molecule has 2 aromatic rings. The maximum Gasteiger partial charge on any atom is 0.410 e. The number of anilines is 1. The zero-order valence-electron chi connectivity index (χ0n) is 17.6. The lowest BCUT2D eigenvalue weighted by Gasteiger charge is -2.37. The number of ether oxygens (including phenoxy) is 1. The topological polar surface area (TPSA) is 166 Å². The lowest BCUT2D eigenvalue weighted by Crippen LogP contribution is -2.61. The van der Waals surface area contributed by atoms with Crippen molar-refractivity contribution in [1.29, 1.82) is 5.41 Å². The summed E-state index contributed by atoms with van der Waals surface area (Å²) < 4.78 is 5.24. The van der Waals surface area contributed by atoms with Gasteiger partial charge in [-0.3, -0.25) is 19.9 Å². The van der Waals surface area contributed by atoms with Crippen molar-refractivity contribution in [3.05, 3.63) is 65.7 Å². The third-order valence-electron chi connectivity index (χ3n) is 4.95. The highest BCUT2D eigenvalue weighted by Gasteiger charge is 2.37. The van der Waals surface area contributed by atoms with Crippen LogP contribution in [-0.4, -0.2) is 70.3 Å². The van der Waals surface area contributed by atoms with E-state index < -0.39 is 35.8 Å².